The van der Waals surface area contributed by atoms with Crippen LogP contribution in [0.3, 0.4) is 0 Å². The maximum atomic E-state index is 13.7. The fraction of sp³-hybridized carbons (Fsp3) is 0. The highest BCUT2D eigenvalue weighted by Gasteiger charge is 2.38. The SMILES string of the molecule is Nc1cccc([P+](=O)c2c(F)c(F)c(I)c(F)c2F)c1. The Morgan fingerprint density at radius 3 is 2.05 bits per heavy atom. The van der Waals surface area contributed by atoms with Crippen LogP contribution in [0.1, 0.15) is 0 Å². The second-order valence-electron chi connectivity index (χ2n) is 3.81. The Morgan fingerprint density at radius 2 is 1.55 bits per heavy atom. The number of nitrogen functional groups attached to an aromatic ring is 1. The lowest BCUT2D eigenvalue weighted by atomic mass is 10.3. The normalized spacial score (nSPS) is 11.6. The van der Waals surface area contributed by atoms with Gasteiger partial charge >= 0.3 is 7.80 Å². The third-order valence-electron chi connectivity index (χ3n) is 2.49. The molecule has 0 saturated carbocycles. The third kappa shape index (κ3) is 2.52. The van der Waals surface area contributed by atoms with Crippen LogP contribution in [0.25, 0.3) is 0 Å². The molecule has 0 aliphatic rings. The van der Waals surface area contributed by atoms with E-state index < -0.39 is 39.9 Å². The van der Waals surface area contributed by atoms with Crippen molar-refractivity contribution in [1.82, 2.24) is 0 Å². The zero-order valence-electron chi connectivity index (χ0n) is 9.63. The molecule has 0 radical (unpaired) electrons. The first kappa shape index (κ1) is 15.2. The van der Waals surface area contributed by atoms with E-state index in [9.17, 15) is 22.1 Å². The quantitative estimate of drug-likeness (QED) is 0.205. The summed E-state index contributed by atoms with van der Waals surface area (Å²) in [4.78, 5) is 0. The highest BCUT2D eigenvalue weighted by molar-refractivity contribution is 14.1. The van der Waals surface area contributed by atoms with Crippen LogP contribution in [-0.2, 0) is 4.57 Å². The monoisotopic (exact) mass is 414 g/mol. The summed E-state index contributed by atoms with van der Waals surface area (Å²) in [5.74, 6) is -6.44. The van der Waals surface area contributed by atoms with Crippen LogP contribution >= 0.6 is 30.4 Å². The van der Waals surface area contributed by atoms with Crippen molar-refractivity contribution in [1.29, 1.82) is 0 Å². The van der Waals surface area contributed by atoms with Gasteiger partial charge in [0.15, 0.2) is 16.9 Å². The number of hydrogen-bond donors (Lipinski definition) is 1. The Bertz CT molecular complexity index is 694. The first-order valence-corrected chi connectivity index (χ1v) is 7.52. The van der Waals surface area contributed by atoms with Crippen LogP contribution in [-0.4, -0.2) is 0 Å². The lowest BCUT2D eigenvalue weighted by Gasteiger charge is -2.01. The molecule has 8 heteroatoms. The van der Waals surface area contributed by atoms with Gasteiger partial charge in [0.05, 0.1) is 3.57 Å². The predicted molar refractivity (Wildman–Crippen MR) is 76.7 cm³/mol. The second kappa shape index (κ2) is 5.65. The smallest absolute Gasteiger partial charge is 0.399 e. The lowest BCUT2D eigenvalue weighted by molar-refractivity contribution is 0.454. The minimum absolute atomic E-state index is 0.0159. The van der Waals surface area contributed by atoms with Gasteiger partial charge in [0.25, 0.3) is 5.30 Å². The zero-order chi connectivity index (χ0) is 15.0. The van der Waals surface area contributed by atoms with Crippen molar-refractivity contribution in [3.05, 3.63) is 51.1 Å². The van der Waals surface area contributed by atoms with Gasteiger partial charge in [0.2, 0.25) is 11.6 Å². The van der Waals surface area contributed by atoms with E-state index in [0.29, 0.717) is 0 Å². The van der Waals surface area contributed by atoms with E-state index in [2.05, 4.69) is 0 Å². The molecule has 0 aromatic heterocycles. The fourth-order valence-electron chi connectivity index (χ4n) is 1.55. The third-order valence-corrected chi connectivity index (χ3v) is 4.99. The number of hydrogen-bond acceptors (Lipinski definition) is 2. The molecule has 104 valence electrons. The first-order valence-electron chi connectivity index (χ1n) is 5.18. The second-order valence-corrected chi connectivity index (χ2v) is 6.44. The average Bonchev–Trinajstić information content (AvgIpc) is 2.43. The molecule has 0 spiro atoms. The summed E-state index contributed by atoms with van der Waals surface area (Å²) in [7, 11) is -2.84. The number of nitrogens with two attached hydrogens (primary N) is 1. The van der Waals surface area contributed by atoms with Crippen LogP contribution in [0.2, 0.25) is 0 Å². The molecule has 20 heavy (non-hydrogen) atoms. The van der Waals surface area contributed by atoms with Gasteiger partial charge in [-0.25, -0.2) is 8.78 Å². The van der Waals surface area contributed by atoms with Crippen molar-refractivity contribution in [2.45, 2.75) is 0 Å². The largest absolute Gasteiger partial charge is 0.421 e. The van der Waals surface area contributed by atoms with Gasteiger partial charge in [-0.1, -0.05) is 10.6 Å². The molecule has 2 aromatic rings. The number of rotatable bonds is 2. The van der Waals surface area contributed by atoms with Crippen molar-refractivity contribution >= 4 is 46.7 Å². The van der Waals surface area contributed by atoms with Gasteiger partial charge in [0, 0.05) is 11.8 Å². The average molecular weight is 414 g/mol. The van der Waals surface area contributed by atoms with Crippen LogP contribution in [0, 0.1) is 26.8 Å². The van der Waals surface area contributed by atoms with Crippen LogP contribution in [0.15, 0.2) is 24.3 Å². The van der Waals surface area contributed by atoms with Gasteiger partial charge in [0.1, 0.15) is 0 Å². The molecule has 2 rings (SSSR count). The maximum absolute atomic E-state index is 13.7. The van der Waals surface area contributed by atoms with Crippen molar-refractivity contribution in [2.24, 2.45) is 0 Å². The van der Waals surface area contributed by atoms with E-state index in [4.69, 9.17) is 5.73 Å². The van der Waals surface area contributed by atoms with Gasteiger partial charge in [-0.3, -0.25) is 0 Å². The van der Waals surface area contributed by atoms with E-state index in [0.717, 1.165) is 22.6 Å². The Kier molecular flexibility index (Phi) is 4.29. The van der Waals surface area contributed by atoms with E-state index in [1.165, 1.54) is 24.3 Å². The summed E-state index contributed by atoms with van der Waals surface area (Å²) in [5.41, 5.74) is 5.69. The molecule has 0 aliphatic carbocycles. The summed E-state index contributed by atoms with van der Waals surface area (Å²) in [5, 5.41) is -1.14. The summed E-state index contributed by atoms with van der Waals surface area (Å²) in [6, 6.07) is 5.44. The Hall–Kier alpha value is -1.21. The van der Waals surface area contributed by atoms with E-state index in [1.807, 2.05) is 0 Å². The Balaban J connectivity index is 2.67. The molecule has 0 bridgehead atoms. The fourth-order valence-corrected chi connectivity index (χ4v) is 3.32. The molecular formula is C12H6F4INOP+. The summed E-state index contributed by atoms with van der Waals surface area (Å²) in [6.45, 7) is 0. The standard InChI is InChI=1S/C12H6F4INOP/c13-7-9(15)12(10(16)8(14)11(7)17)20(19)6-3-1-2-5(18)4-6/h1-4H,18H2/q+1. The van der Waals surface area contributed by atoms with Gasteiger partial charge in [-0.15, -0.1) is 0 Å². The number of halogens is 5. The molecule has 2 aromatic carbocycles. The summed E-state index contributed by atoms with van der Waals surface area (Å²) < 4.78 is 65.7. The topological polar surface area (TPSA) is 43.1 Å². The molecule has 0 aliphatic heterocycles. The van der Waals surface area contributed by atoms with Crippen LogP contribution < -0.4 is 16.3 Å². The number of anilines is 1. The highest BCUT2D eigenvalue weighted by atomic mass is 127. The van der Waals surface area contributed by atoms with Crippen molar-refractivity contribution < 1.29 is 22.1 Å². The number of benzene rings is 2. The molecule has 0 heterocycles. The van der Waals surface area contributed by atoms with Crippen LogP contribution in [0.4, 0.5) is 23.2 Å². The summed E-state index contributed by atoms with van der Waals surface area (Å²) >= 11 is 1.14. The Labute approximate surface area is 125 Å². The minimum Gasteiger partial charge on any atom is -0.399 e. The van der Waals surface area contributed by atoms with E-state index >= 15 is 0 Å². The van der Waals surface area contributed by atoms with Crippen molar-refractivity contribution in [3.63, 3.8) is 0 Å². The molecule has 1 atom stereocenters. The maximum Gasteiger partial charge on any atom is 0.421 e. The van der Waals surface area contributed by atoms with Crippen LogP contribution in [0.5, 0.6) is 0 Å². The molecule has 0 amide bonds. The molecule has 2 nitrogen and oxygen atoms in total. The highest BCUT2D eigenvalue weighted by Crippen LogP contribution is 2.29. The van der Waals surface area contributed by atoms with E-state index in [1.54, 1.807) is 0 Å². The van der Waals surface area contributed by atoms with Crippen molar-refractivity contribution in [3.8, 4) is 0 Å². The van der Waals surface area contributed by atoms with Gasteiger partial charge in [-0.05, 0) is 34.7 Å². The van der Waals surface area contributed by atoms with Gasteiger partial charge < -0.3 is 5.73 Å². The van der Waals surface area contributed by atoms with Gasteiger partial charge in [-0.2, -0.15) is 8.78 Å². The summed E-state index contributed by atoms with van der Waals surface area (Å²) in [6.07, 6.45) is 0. The predicted octanol–water partition coefficient (Wildman–Crippen LogP) is 3.21. The first-order chi connectivity index (χ1) is 9.34. The zero-order valence-corrected chi connectivity index (χ0v) is 12.7. The Morgan fingerprint density at radius 1 is 1.00 bits per heavy atom. The lowest BCUT2D eigenvalue weighted by Crippen LogP contribution is -2.20. The molecular weight excluding hydrogens is 408 g/mol. The van der Waals surface area contributed by atoms with Crippen molar-refractivity contribution in [2.75, 3.05) is 5.73 Å². The molecule has 0 saturated heterocycles. The molecule has 2 N–H and O–H groups in total. The minimum atomic E-state index is -2.84. The van der Waals surface area contributed by atoms with E-state index in [-0.39, 0.29) is 11.0 Å². The molecule has 0 fully saturated rings. The molecule has 1 unspecified atom stereocenters.